The maximum Gasteiger partial charge on any atom is 0.129 e. The van der Waals surface area contributed by atoms with Crippen LogP contribution in [0.5, 0.6) is 0 Å². The highest BCUT2D eigenvalue weighted by Gasteiger charge is 2.13. The Morgan fingerprint density at radius 2 is 2.08 bits per heavy atom. The molecule has 1 atom stereocenters. The van der Waals surface area contributed by atoms with Gasteiger partial charge in [-0.3, -0.25) is 0 Å². The van der Waals surface area contributed by atoms with Crippen molar-refractivity contribution in [2.24, 2.45) is 5.73 Å². The van der Waals surface area contributed by atoms with E-state index in [4.69, 9.17) is 5.73 Å². The van der Waals surface area contributed by atoms with Crippen LogP contribution in [0, 0.1) is 5.82 Å². The summed E-state index contributed by atoms with van der Waals surface area (Å²) in [4.78, 5) is 0. The Kier molecular flexibility index (Phi) is 5.44. The third-order valence-corrected chi connectivity index (χ3v) is 2.23. The Labute approximate surface area is 89.9 Å². The summed E-state index contributed by atoms with van der Waals surface area (Å²) in [5.74, 6) is -0.477. The van der Waals surface area contributed by atoms with E-state index in [1.165, 1.54) is 12.1 Å². The van der Waals surface area contributed by atoms with Gasteiger partial charge in [-0.05, 0) is 12.1 Å². The summed E-state index contributed by atoms with van der Waals surface area (Å²) < 4.78 is 25.6. The van der Waals surface area contributed by atoms with Gasteiger partial charge in [0.15, 0.2) is 0 Å². The van der Waals surface area contributed by atoms with E-state index in [1.54, 1.807) is 6.07 Å². The molecule has 0 aliphatic heterocycles. The molecule has 0 aliphatic rings. The molecule has 0 fully saturated rings. The van der Waals surface area contributed by atoms with Crippen LogP contribution in [0.3, 0.4) is 0 Å². The van der Waals surface area contributed by atoms with Crippen molar-refractivity contribution in [3.8, 4) is 0 Å². The maximum absolute atomic E-state index is 13.0. The monoisotopic (exact) mass is 271 g/mol. The van der Waals surface area contributed by atoms with Crippen LogP contribution >= 0.6 is 28.3 Å². The van der Waals surface area contributed by atoms with Crippen LogP contribution in [-0.4, -0.2) is 6.67 Å². The Bertz CT molecular complexity index is 263. The molecule has 0 spiro atoms. The van der Waals surface area contributed by atoms with Crippen LogP contribution in [0.2, 0.25) is 0 Å². The van der Waals surface area contributed by atoms with Gasteiger partial charge in [0, 0.05) is 10.0 Å². The number of nitrogens with two attached hydrogens (primary N) is 1. The van der Waals surface area contributed by atoms with Crippen LogP contribution in [-0.2, 0) is 0 Å². The van der Waals surface area contributed by atoms with Gasteiger partial charge in [-0.15, -0.1) is 12.4 Å². The third-order valence-electron chi connectivity index (χ3n) is 1.54. The minimum atomic E-state index is -0.888. The van der Waals surface area contributed by atoms with Gasteiger partial charge in [0.2, 0.25) is 0 Å². The number of halogens is 4. The summed E-state index contributed by atoms with van der Waals surface area (Å²) in [5.41, 5.74) is 5.55. The highest BCUT2D eigenvalue weighted by molar-refractivity contribution is 9.10. The van der Waals surface area contributed by atoms with Gasteiger partial charge in [0.25, 0.3) is 0 Å². The van der Waals surface area contributed by atoms with E-state index in [-0.39, 0.29) is 18.0 Å². The van der Waals surface area contributed by atoms with E-state index in [0.717, 1.165) is 0 Å². The van der Waals surface area contributed by atoms with Crippen LogP contribution in [0.1, 0.15) is 11.6 Å². The Morgan fingerprint density at radius 3 is 2.54 bits per heavy atom. The number of rotatable bonds is 2. The van der Waals surface area contributed by atoms with Crippen LogP contribution < -0.4 is 5.73 Å². The molecule has 0 radical (unpaired) electrons. The lowest BCUT2D eigenvalue weighted by atomic mass is 10.1. The van der Waals surface area contributed by atoms with Crippen molar-refractivity contribution in [2.75, 3.05) is 6.67 Å². The van der Waals surface area contributed by atoms with Crippen molar-refractivity contribution in [1.29, 1.82) is 0 Å². The molecule has 13 heavy (non-hydrogen) atoms. The van der Waals surface area contributed by atoms with Gasteiger partial charge < -0.3 is 5.73 Å². The summed E-state index contributed by atoms with van der Waals surface area (Å²) in [6.45, 7) is -0.764. The molecule has 0 saturated heterocycles. The maximum atomic E-state index is 13.0. The molecule has 0 unspecified atom stereocenters. The fraction of sp³-hybridized carbons (Fsp3) is 0.250. The van der Waals surface area contributed by atoms with Crippen molar-refractivity contribution >= 4 is 28.3 Å². The summed E-state index contributed by atoms with van der Waals surface area (Å²) in [6.07, 6.45) is 0. The Morgan fingerprint density at radius 1 is 1.46 bits per heavy atom. The van der Waals surface area contributed by atoms with Crippen LogP contribution in [0.4, 0.5) is 8.78 Å². The molecule has 0 aromatic heterocycles. The average Bonchev–Trinajstić information content (AvgIpc) is 2.03. The molecule has 0 heterocycles. The topological polar surface area (TPSA) is 26.0 Å². The van der Waals surface area contributed by atoms with E-state index in [9.17, 15) is 8.78 Å². The predicted molar refractivity (Wildman–Crippen MR) is 54.3 cm³/mol. The molecular formula is C8H9BrClF2N. The molecule has 0 saturated carbocycles. The second kappa shape index (κ2) is 5.52. The minimum absolute atomic E-state index is 0. The number of hydrogen-bond acceptors (Lipinski definition) is 1. The number of benzene rings is 1. The standard InChI is InChI=1S/C8H8BrF2N.ClH/c9-5-2-1-3-6(11)8(5)7(12)4-10;/h1-3,7H,4,12H2;1H/t7-;/m0./s1. The first kappa shape index (κ1) is 12.8. The zero-order valence-corrected chi connectivity index (χ0v) is 9.04. The van der Waals surface area contributed by atoms with Crippen LogP contribution in [0.25, 0.3) is 0 Å². The quantitative estimate of drug-likeness (QED) is 0.880. The van der Waals surface area contributed by atoms with E-state index < -0.39 is 18.5 Å². The lowest BCUT2D eigenvalue weighted by Gasteiger charge is -2.10. The SMILES string of the molecule is Cl.N[C@@H](CF)c1c(F)cccc1Br. The largest absolute Gasteiger partial charge is 0.322 e. The van der Waals surface area contributed by atoms with Crippen LogP contribution in [0.15, 0.2) is 22.7 Å². The average molecular weight is 273 g/mol. The van der Waals surface area contributed by atoms with E-state index in [2.05, 4.69) is 15.9 Å². The molecule has 1 nitrogen and oxygen atoms in total. The Balaban J connectivity index is 0.00000144. The first-order valence-corrected chi connectivity index (χ1v) is 4.21. The first-order chi connectivity index (χ1) is 5.66. The lowest BCUT2D eigenvalue weighted by molar-refractivity contribution is 0.426. The Hall–Kier alpha value is -0.190. The molecule has 0 bridgehead atoms. The molecule has 5 heteroatoms. The van der Waals surface area contributed by atoms with Gasteiger partial charge >= 0.3 is 0 Å². The smallest absolute Gasteiger partial charge is 0.129 e. The van der Waals surface area contributed by atoms with Gasteiger partial charge in [0.1, 0.15) is 12.5 Å². The van der Waals surface area contributed by atoms with E-state index >= 15 is 0 Å². The van der Waals surface area contributed by atoms with Gasteiger partial charge in [0.05, 0.1) is 6.04 Å². The third kappa shape index (κ3) is 2.90. The molecule has 2 N–H and O–H groups in total. The van der Waals surface area contributed by atoms with Crippen molar-refractivity contribution in [3.05, 3.63) is 34.1 Å². The first-order valence-electron chi connectivity index (χ1n) is 3.42. The molecular weight excluding hydrogens is 263 g/mol. The van der Waals surface area contributed by atoms with Gasteiger partial charge in [-0.2, -0.15) is 0 Å². The second-order valence-corrected chi connectivity index (χ2v) is 3.25. The van der Waals surface area contributed by atoms with Gasteiger partial charge in [-0.25, -0.2) is 8.78 Å². The summed E-state index contributed by atoms with van der Waals surface area (Å²) >= 11 is 3.10. The molecule has 1 rings (SSSR count). The fourth-order valence-corrected chi connectivity index (χ4v) is 1.58. The van der Waals surface area contributed by atoms with E-state index in [1.807, 2.05) is 0 Å². The van der Waals surface area contributed by atoms with Crippen molar-refractivity contribution in [2.45, 2.75) is 6.04 Å². The van der Waals surface area contributed by atoms with Gasteiger partial charge in [-0.1, -0.05) is 22.0 Å². The zero-order chi connectivity index (χ0) is 9.14. The van der Waals surface area contributed by atoms with E-state index in [0.29, 0.717) is 4.47 Å². The molecule has 74 valence electrons. The summed E-state index contributed by atoms with van der Waals surface area (Å²) in [6, 6.07) is 3.54. The number of hydrogen-bond donors (Lipinski definition) is 1. The summed E-state index contributed by atoms with van der Waals surface area (Å²) in [7, 11) is 0. The predicted octanol–water partition coefficient (Wildman–Crippen LogP) is 2.98. The lowest BCUT2D eigenvalue weighted by Crippen LogP contribution is -2.14. The molecule has 1 aromatic rings. The second-order valence-electron chi connectivity index (χ2n) is 2.40. The normalized spacial score (nSPS) is 12.0. The molecule has 0 aliphatic carbocycles. The molecule has 1 aromatic carbocycles. The molecule has 0 amide bonds. The van der Waals surface area contributed by atoms with Crippen molar-refractivity contribution in [1.82, 2.24) is 0 Å². The fourth-order valence-electron chi connectivity index (χ4n) is 0.942. The highest BCUT2D eigenvalue weighted by atomic mass is 79.9. The minimum Gasteiger partial charge on any atom is -0.322 e. The van der Waals surface area contributed by atoms with Crippen molar-refractivity contribution < 1.29 is 8.78 Å². The summed E-state index contributed by atoms with van der Waals surface area (Å²) in [5, 5.41) is 0. The van der Waals surface area contributed by atoms with Crippen molar-refractivity contribution in [3.63, 3.8) is 0 Å². The number of alkyl halides is 1. The highest BCUT2D eigenvalue weighted by Crippen LogP contribution is 2.24. The zero-order valence-electron chi connectivity index (χ0n) is 6.64.